The molecule has 2 aliphatic rings. The molecular weight excluding hydrogens is 676 g/mol. The number of rotatable bonds is 3. The zero-order valence-electron chi connectivity index (χ0n) is 28.5. The molecule has 0 radical (unpaired) electrons. The number of nitrogens with one attached hydrogen (secondary N) is 1. The number of benzene rings is 2. The van der Waals surface area contributed by atoms with E-state index < -0.39 is 10.5 Å². The molecule has 2 amide bonds. The third-order valence-corrected chi connectivity index (χ3v) is 7.02. The van der Waals surface area contributed by atoms with E-state index in [0.29, 0.717) is 26.2 Å². The van der Waals surface area contributed by atoms with Crippen LogP contribution in [0.15, 0.2) is 40.9 Å². The number of carbonyl (C=O) groups is 2. The quantitative estimate of drug-likeness (QED) is 0.275. The molecule has 0 spiro atoms. The van der Waals surface area contributed by atoms with Crippen LogP contribution in [0.2, 0.25) is 0 Å². The monoisotopic (exact) mass is 722 g/mol. The van der Waals surface area contributed by atoms with Crippen molar-refractivity contribution in [2.75, 3.05) is 57.3 Å². The van der Waals surface area contributed by atoms with Crippen LogP contribution in [-0.2, 0) is 9.47 Å². The molecule has 0 bridgehead atoms. The van der Waals surface area contributed by atoms with Gasteiger partial charge in [-0.3, -0.25) is 20.2 Å². The first-order chi connectivity index (χ1) is 21.7. The maximum absolute atomic E-state index is 12.1. The van der Waals surface area contributed by atoms with Crippen molar-refractivity contribution in [1.29, 1.82) is 0 Å². The second-order valence-electron chi connectivity index (χ2n) is 13.2. The van der Waals surface area contributed by atoms with Crippen LogP contribution < -0.4 is 10.2 Å². The third kappa shape index (κ3) is 14.5. The predicted molar refractivity (Wildman–Crippen MR) is 184 cm³/mol. The third-order valence-electron chi connectivity index (χ3n) is 6.56. The molecule has 0 atom stereocenters. The summed E-state index contributed by atoms with van der Waals surface area (Å²) in [7, 11) is 0. The van der Waals surface area contributed by atoms with E-state index in [9.17, 15) is 29.8 Å². The lowest BCUT2D eigenvalue weighted by Crippen LogP contribution is -2.50. The minimum atomic E-state index is -0.509. The number of amides is 2. The number of carbonyl (C=O) groups excluding carboxylic acids is 2. The molecule has 2 heterocycles. The van der Waals surface area contributed by atoms with E-state index in [2.05, 4.69) is 26.1 Å². The Bertz CT molecular complexity index is 1370. The lowest BCUT2D eigenvalue weighted by molar-refractivity contribution is -0.385. The minimum Gasteiger partial charge on any atom is -0.444 e. The molecular formula is C32H47BrN6O8. The van der Waals surface area contributed by atoms with Crippen molar-refractivity contribution in [2.45, 2.75) is 66.6 Å². The number of nitro benzene ring substituents is 2. The van der Waals surface area contributed by atoms with Crippen molar-refractivity contribution in [3.63, 3.8) is 0 Å². The summed E-state index contributed by atoms with van der Waals surface area (Å²) in [6, 6.07) is 9.90. The zero-order chi connectivity index (χ0) is 35.5. The highest BCUT2D eigenvalue weighted by Crippen LogP contribution is 2.25. The van der Waals surface area contributed by atoms with E-state index in [1.165, 1.54) is 12.1 Å². The summed E-state index contributed by atoms with van der Waals surface area (Å²) in [5.74, 6) is 0. The highest BCUT2D eigenvalue weighted by Gasteiger charge is 2.27. The fraction of sp³-hybridized carbons (Fsp3) is 0.562. The smallest absolute Gasteiger partial charge is 0.410 e. The molecule has 1 N–H and O–H groups in total. The second kappa shape index (κ2) is 17.3. The molecule has 2 aromatic rings. The average Bonchev–Trinajstić information content (AvgIpc) is 2.96. The lowest BCUT2D eigenvalue weighted by atomic mass is 10.1. The normalized spacial score (nSPS) is 15.0. The summed E-state index contributed by atoms with van der Waals surface area (Å²) in [6.45, 7) is 20.4. The molecule has 47 heavy (non-hydrogen) atoms. The first kappa shape index (κ1) is 39.2. The Morgan fingerprint density at radius 3 is 1.55 bits per heavy atom. The van der Waals surface area contributed by atoms with Gasteiger partial charge in [0.1, 0.15) is 11.2 Å². The zero-order valence-corrected chi connectivity index (χ0v) is 30.1. The highest BCUT2D eigenvalue weighted by molar-refractivity contribution is 9.10. The first-order valence-corrected chi connectivity index (χ1v) is 16.1. The number of nitro groups is 2. The maximum atomic E-state index is 12.1. The number of anilines is 1. The summed E-state index contributed by atoms with van der Waals surface area (Å²) in [5.41, 5.74) is 1.87. The van der Waals surface area contributed by atoms with Crippen LogP contribution in [0.25, 0.3) is 0 Å². The van der Waals surface area contributed by atoms with Gasteiger partial charge in [0.15, 0.2) is 0 Å². The number of hydrogen-bond acceptors (Lipinski definition) is 10. The molecule has 2 fully saturated rings. The van der Waals surface area contributed by atoms with Crippen molar-refractivity contribution < 1.29 is 28.9 Å². The summed E-state index contributed by atoms with van der Waals surface area (Å²) in [4.78, 5) is 49.5. The Hall–Kier alpha value is -3.98. The van der Waals surface area contributed by atoms with Gasteiger partial charge in [-0.1, -0.05) is 15.9 Å². The van der Waals surface area contributed by atoms with Crippen LogP contribution in [0, 0.1) is 34.1 Å². The van der Waals surface area contributed by atoms with Crippen molar-refractivity contribution in [2.24, 2.45) is 0 Å². The van der Waals surface area contributed by atoms with Gasteiger partial charge >= 0.3 is 12.2 Å². The molecule has 0 aromatic heterocycles. The molecule has 2 aliphatic heterocycles. The molecule has 260 valence electrons. The first-order valence-electron chi connectivity index (χ1n) is 15.3. The van der Waals surface area contributed by atoms with Crippen LogP contribution in [-0.4, -0.2) is 95.4 Å². The van der Waals surface area contributed by atoms with Gasteiger partial charge in [-0.15, -0.1) is 0 Å². The second-order valence-corrected chi connectivity index (χ2v) is 14.1. The van der Waals surface area contributed by atoms with Gasteiger partial charge in [0, 0.05) is 86.8 Å². The van der Waals surface area contributed by atoms with E-state index in [1.807, 2.05) is 67.5 Å². The van der Waals surface area contributed by atoms with E-state index in [-0.39, 0.29) is 34.1 Å². The van der Waals surface area contributed by atoms with Gasteiger partial charge in [-0.25, -0.2) is 9.59 Å². The average molecular weight is 724 g/mol. The summed E-state index contributed by atoms with van der Waals surface area (Å²) < 4.78 is 11.3. The van der Waals surface area contributed by atoms with E-state index in [0.717, 1.165) is 47.5 Å². The molecule has 0 aliphatic carbocycles. The van der Waals surface area contributed by atoms with Gasteiger partial charge in [-0.2, -0.15) is 0 Å². The Morgan fingerprint density at radius 2 is 1.13 bits per heavy atom. The van der Waals surface area contributed by atoms with Crippen LogP contribution in [0.1, 0.15) is 52.7 Å². The SMILES string of the molecule is CC(C)(C)OC(=O)N1CCNCC1.Cc1cc(Br)cc([N+](=O)[O-])c1.Cc1cc(N2CCN(C(=O)OC(C)(C)C)CC2)cc([N+](=O)[O-])c1. The molecule has 14 nitrogen and oxygen atoms in total. The van der Waals surface area contributed by atoms with Crippen LogP contribution in [0.3, 0.4) is 0 Å². The van der Waals surface area contributed by atoms with E-state index in [1.54, 1.807) is 21.9 Å². The van der Waals surface area contributed by atoms with Gasteiger partial charge < -0.3 is 29.5 Å². The van der Waals surface area contributed by atoms with Crippen molar-refractivity contribution in [3.05, 3.63) is 72.2 Å². The number of nitrogens with zero attached hydrogens (tertiary/aromatic N) is 5. The molecule has 2 aromatic carbocycles. The van der Waals surface area contributed by atoms with Crippen molar-refractivity contribution in [1.82, 2.24) is 15.1 Å². The van der Waals surface area contributed by atoms with Crippen LogP contribution in [0.4, 0.5) is 26.7 Å². The topological polar surface area (TPSA) is 161 Å². The number of non-ortho nitro benzene ring substituents is 2. The van der Waals surface area contributed by atoms with Crippen LogP contribution >= 0.6 is 15.9 Å². The number of piperazine rings is 2. The summed E-state index contributed by atoms with van der Waals surface area (Å²) in [6.07, 6.45) is -0.513. The van der Waals surface area contributed by atoms with Gasteiger partial charge in [-0.05, 0) is 78.6 Å². The fourth-order valence-electron chi connectivity index (χ4n) is 4.50. The molecule has 2 saturated heterocycles. The standard InChI is InChI=1S/C16H23N3O4.C9H18N2O2.C7H6BrNO2/c1-12-9-13(11-14(10-12)19(21)22)17-5-7-18(8-6-17)15(20)23-16(2,3)4;1-9(2,3)13-8(12)11-6-4-10-5-7-11;1-5-2-6(8)4-7(3-5)9(10)11/h9-11H,5-8H2,1-4H3;10H,4-7H2,1-3H3;2-4H,1H3. The maximum Gasteiger partial charge on any atom is 0.410 e. The van der Waals surface area contributed by atoms with Crippen molar-refractivity contribution in [3.8, 4) is 0 Å². The van der Waals surface area contributed by atoms with Crippen molar-refractivity contribution >= 4 is 45.2 Å². The summed E-state index contributed by atoms with van der Waals surface area (Å²) in [5, 5.41) is 24.5. The Morgan fingerprint density at radius 1 is 0.702 bits per heavy atom. The van der Waals surface area contributed by atoms with E-state index in [4.69, 9.17) is 9.47 Å². The van der Waals surface area contributed by atoms with Gasteiger partial charge in [0.05, 0.1) is 9.85 Å². The summed E-state index contributed by atoms with van der Waals surface area (Å²) >= 11 is 3.18. The molecule has 4 rings (SSSR count). The molecule has 0 unspecified atom stereocenters. The number of ether oxygens (including phenoxy) is 2. The Labute approximate surface area is 284 Å². The lowest BCUT2D eigenvalue weighted by Gasteiger charge is -2.36. The Kier molecular flexibility index (Phi) is 14.4. The highest BCUT2D eigenvalue weighted by atomic mass is 79.9. The fourth-order valence-corrected chi connectivity index (χ4v) is 5.10. The van der Waals surface area contributed by atoms with Gasteiger partial charge in [0.25, 0.3) is 11.4 Å². The van der Waals surface area contributed by atoms with Gasteiger partial charge in [0.2, 0.25) is 0 Å². The van der Waals surface area contributed by atoms with Crippen LogP contribution in [0.5, 0.6) is 0 Å². The number of hydrogen-bond donors (Lipinski definition) is 1. The number of halogens is 1. The predicted octanol–water partition coefficient (Wildman–Crippen LogP) is 6.45. The Balaban J connectivity index is 0.000000270. The molecule has 0 saturated carbocycles. The van der Waals surface area contributed by atoms with E-state index >= 15 is 0 Å². The molecule has 15 heteroatoms. The number of aryl methyl sites for hydroxylation is 2. The largest absolute Gasteiger partial charge is 0.444 e. The minimum absolute atomic E-state index is 0.0922.